The first-order valence-electron chi connectivity index (χ1n) is 4.65. The third-order valence-corrected chi connectivity index (χ3v) is 6.13. The predicted octanol–water partition coefficient (Wildman–Crippen LogP) is -4.03. The van der Waals surface area contributed by atoms with Crippen molar-refractivity contribution in [2.24, 2.45) is 0 Å². The number of hydrogen-bond acceptors (Lipinski definition) is 3. The van der Waals surface area contributed by atoms with Gasteiger partial charge in [-0.2, -0.15) is 0 Å². The molecule has 0 aliphatic carbocycles. The van der Waals surface area contributed by atoms with Gasteiger partial charge >= 0.3 is 81.5 Å². The summed E-state index contributed by atoms with van der Waals surface area (Å²) in [5, 5.41) is 0. The molecular formula is C9H14Cl2O3Ti. The van der Waals surface area contributed by atoms with Crippen molar-refractivity contribution in [2.45, 2.75) is 28.2 Å². The van der Waals surface area contributed by atoms with Gasteiger partial charge in [-0.1, -0.05) is 0 Å². The van der Waals surface area contributed by atoms with Crippen LogP contribution < -0.4 is 24.8 Å². The second-order valence-corrected chi connectivity index (χ2v) is 8.40. The second kappa shape index (κ2) is 6.28. The van der Waals surface area contributed by atoms with Gasteiger partial charge in [0.15, 0.2) is 0 Å². The number of halogens is 2. The van der Waals surface area contributed by atoms with Crippen LogP contribution in [0.15, 0.2) is 22.8 Å². The molecule has 1 aromatic rings. The van der Waals surface area contributed by atoms with Crippen molar-refractivity contribution in [3.8, 4) is 0 Å². The van der Waals surface area contributed by atoms with Crippen molar-refractivity contribution in [1.82, 2.24) is 0 Å². The Labute approximate surface area is 106 Å². The molecule has 1 aliphatic rings. The van der Waals surface area contributed by atoms with Crippen LogP contribution in [0.1, 0.15) is 24.5 Å². The minimum absolute atomic E-state index is 0. The quantitative estimate of drug-likeness (QED) is 0.518. The first kappa shape index (κ1) is 15.5. The molecule has 2 heterocycles. The summed E-state index contributed by atoms with van der Waals surface area (Å²) in [6.45, 7) is 0. The summed E-state index contributed by atoms with van der Waals surface area (Å²) < 4.78 is 25.6. The maximum absolute atomic E-state index is 9.50. The van der Waals surface area contributed by atoms with E-state index >= 15 is 0 Å². The number of rotatable bonds is 1. The monoisotopic (exact) mass is 288 g/mol. The van der Waals surface area contributed by atoms with Crippen molar-refractivity contribution in [2.75, 3.05) is 0 Å². The van der Waals surface area contributed by atoms with Gasteiger partial charge in [-0.3, -0.25) is 0 Å². The zero-order chi connectivity index (χ0) is 9.31. The molecule has 1 saturated heterocycles. The van der Waals surface area contributed by atoms with E-state index in [2.05, 4.69) is 0 Å². The molecule has 1 fully saturated rings. The fourth-order valence-electron chi connectivity index (χ4n) is 1.89. The normalized spacial score (nSPS) is 18.0. The molecule has 1 aliphatic heterocycles. The fraction of sp³-hybridized carbons (Fsp3) is 0.556. The van der Waals surface area contributed by atoms with Crippen LogP contribution in [-0.4, -0.2) is 7.38 Å². The van der Waals surface area contributed by atoms with Gasteiger partial charge in [-0.15, -0.1) is 0 Å². The molecule has 3 nitrogen and oxygen atoms in total. The predicted molar refractivity (Wildman–Crippen MR) is 44.7 cm³/mol. The molecule has 0 amide bonds. The molecule has 86 valence electrons. The van der Waals surface area contributed by atoms with E-state index < -0.39 is 17.4 Å². The molecule has 0 radical (unpaired) electrons. The summed E-state index contributed by atoms with van der Waals surface area (Å²) in [5.74, 6) is 1.41. The van der Waals surface area contributed by atoms with E-state index in [1.54, 1.807) is 6.26 Å². The van der Waals surface area contributed by atoms with E-state index in [-0.39, 0.29) is 24.8 Å². The van der Waals surface area contributed by atoms with Crippen LogP contribution in [0.25, 0.3) is 0 Å². The molecule has 1 aromatic heterocycles. The van der Waals surface area contributed by atoms with E-state index in [9.17, 15) is 7.38 Å². The molecule has 2 rings (SSSR count). The van der Waals surface area contributed by atoms with Gasteiger partial charge in [-0.25, -0.2) is 0 Å². The molecule has 0 aromatic carbocycles. The van der Waals surface area contributed by atoms with Gasteiger partial charge in [-0.05, 0) is 0 Å². The molecular weight excluding hydrogens is 275 g/mol. The van der Waals surface area contributed by atoms with Crippen LogP contribution in [0.3, 0.4) is 0 Å². The molecule has 6 heteroatoms. The van der Waals surface area contributed by atoms with Crippen molar-refractivity contribution in [1.29, 1.82) is 0 Å². The van der Waals surface area contributed by atoms with Gasteiger partial charge < -0.3 is 24.8 Å². The van der Waals surface area contributed by atoms with E-state index in [1.807, 2.05) is 12.1 Å². The third-order valence-electron chi connectivity index (χ3n) is 2.73. The zero-order valence-electron chi connectivity index (χ0n) is 8.20. The Kier molecular flexibility index (Phi) is 6.49. The van der Waals surface area contributed by atoms with Gasteiger partial charge in [0, 0.05) is 0 Å². The summed E-state index contributed by atoms with van der Waals surface area (Å²) in [5.41, 5.74) is 0. The Hall–Kier alpha value is 0.494. The standard InChI is InChI=1S/C9H12O.2ClH.2H2O.Ti/c1-3-8(4-2)9-6-5-7-10-9;;;;;/h5-8H,1-4H2;2*1H;2*1H2;/q;;;;;+4/p-4. The average Bonchev–Trinajstić information content (AvgIpc) is 2.56. The van der Waals surface area contributed by atoms with E-state index in [4.69, 9.17) is 4.42 Å². The Morgan fingerprint density at radius 3 is 2.27 bits per heavy atom. The topological polar surface area (TPSA) is 53.6 Å². The Bertz CT molecular complexity index is 267. The number of hydrogen-bond donors (Lipinski definition) is 2. The van der Waals surface area contributed by atoms with Gasteiger partial charge in [0.25, 0.3) is 0 Å². The molecule has 0 atom stereocenters. The zero-order valence-corrected chi connectivity index (χ0v) is 11.3. The summed E-state index contributed by atoms with van der Waals surface area (Å²) in [6.07, 6.45) is 3.43. The summed E-state index contributed by atoms with van der Waals surface area (Å²) in [7, 11) is 0. The first-order valence-corrected chi connectivity index (χ1v) is 8.26. The van der Waals surface area contributed by atoms with Crippen LogP contribution in [0.2, 0.25) is 9.45 Å². The van der Waals surface area contributed by atoms with Crippen molar-refractivity contribution in [3.63, 3.8) is 0 Å². The maximum atomic E-state index is 9.50. The Balaban J connectivity index is 0.000000980. The minimum atomic E-state index is -3.26. The van der Waals surface area contributed by atoms with Crippen LogP contribution in [0, 0.1) is 0 Å². The summed E-state index contributed by atoms with van der Waals surface area (Å²) >= 11 is -3.26. The van der Waals surface area contributed by atoms with E-state index in [1.165, 1.54) is 0 Å². The van der Waals surface area contributed by atoms with Gasteiger partial charge in [0.2, 0.25) is 0 Å². The van der Waals surface area contributed by atoms with Crippen LogP contribution >= 0.6 is 0 Å². The van der Waals surface area contributed by atoms with Crippen molar-refractivity contribution >= 4 is 0 Å². The second-order valence-electron chi connectivity index (χ2n) is 3.77. The van der Waals surface area contributed by atoms with Crippen molar-refractivity contribution in [3.05, 3.63) is 24.2 Å². The number of furan rings is 1. The molecule has 2 N–H and O–H groups in total. The summed E-state index contributed by atoms with van der Waals surface area (Å²) in [6, 6.07) is 3.86. The molecule has 0 bridgehead atoms. The third kappa shape index (κ3) is 4.10. The Morgan fingerprint density at radius 1 is 1.20 bits per heavy atom. The summed E-state index contributed by atoms with van der Waals surface area (Å²) in [4.78, 5) is 0. The van der Waals surface area contributed by atoms with Crippen LogP contribution in [0.4, 0.5) is 0 Å². The first-order chi connectivity index (χ1) is 6.17. The molecule has 0 saturated carbocycles. The van der Waals surface area contributed by atoms with Gasteiger partial charge in [0.1, 0.15) is 0 Å². The van der Waals surface area contributed by atoms with Gasteiger partial charge in [0.05, 0.1) is 0 Å². The SMILES string of the molecule is [Cl-].[Cl-].[OH][Ti+2]1([OH])[CH2]CC(c2ccco2)C[CH2]1. The molecule has 0 unspecified atom stereocenters. The van der Waals surface area contributed by atoms with Crippen LogP contribution in [-0.2, 0) is 17.4 Å². The Morgan fingerprint density at radius 2 is 1.80 bits per heavy atom. The fourth-order valence-corrected chi connectivity index (χ4v) is 4.81. The van der Waals surface area contributed by atoms with E-state index in [0.717, 1.165) is 18.6 Å². The molecule has 0 spiro atoms. The molecule has 15 heavy (non-hydrogen) atoms. The average molecular weight is 289 g/mol. The van der Waals surface area contributed by atoms with E-state index in [0.29, 0.717) is 15.4 Å². The van der Waals surface area contributed by atoms with Crippen LogP contribution in [0.5, 0.6) is 0 Å². The van der Waals surface area contributed by atoms with Crippen molar-refractivity contribution < 1.29 is 54.0 Å².